The predicted molar refractivity (Wildman–Crippen MR) is 83.4 cm³/mol. The van der Waals surface area contributed by atoms with Gasteiger partial charge < -0.3 is 10.1 Å². The van der Waals surface area contributed by atoms with E-state index in [0.29, 0.717) is 12.4 Å². The molecule has 0 unspecified atom stereocenters. The first kappa shape index (κ1) is 15.2. The summed E-state index contributed by atoms with van der Waals surface area (Å²) in [7, 11) is 0. The third-order valence-corrected chi connectivity index (χ3v) is 2.89. The van der Waals surface area contributed by atoms with Crippen LogP contribution in [0.5, 0.6) is 5.88 Å². The Morgan fingerprint density at radius 3 is 2.86 bits per heavy atom. The first-order valence-corrected chi connectivity index (χ1v) is 7.34. The predicted octanol–water partition coefficient (Wildman–Crippen LogP) is 3.22. The van der Waals surface area contributed by atoms with Gasteiger partial charge in [0.2, 0.25) is 5.88 Å². The van der Waals surface area contributed by atoms with Crippen LogP contribution < -0.4 is 10.1 Å². The lowest BCUT2D eigenvalue weighted by Crippen LogP contribution is -2.11. The number of aryl methyl sites for hydroxylation is 1. The van der Waals surface area contributed by atoms with E-state index in [1.165, 1.54) is 0 Å². The molecule has 0 aromatic carbocycles. The number of ether oxygens (including phenoxy) is 1. The molecule has 0 aliphatic rings. The Hall–Kier alpha value is -2.17. The molecule has 0 radical (unpaired) electrons. The maximum Gasteiger partial charge on any atom is 0.218 e. The molecule has 2 heterocycles. The zero-order valence-electron chi connectivity index (χ0n) is 12.8. The van der Waals surface area contributed by atoms with Crippen molar-refractivity contribution in [1.29, 1.82) is 0 Å². The summed E-state index contributed by atoms with van der Waals surface area (Å²) < 4.78 is 5.71. The van der Waals surface area contributed by atoms with Crippen LogP contribution in [0.25, 0.3) is 0 Å². The monoisotopic (exact) mass is 286 g/mol. The van der Waals surface area contributed by atoms with E-state index in [4.69, 9.17) is 4.74 Å². The van der Waals surface area contributed by atoms with E-state index < -0.39 is 0 Å². The first-order valence-electron chi connectivity index (χ1n) is 7.34. The Morgan fingerprint density at radius 2 is 2.10 bits per heavy atom. The van der Waals surface area contributed by atoms with Crippen LogP contribution in [0.1, 0.15) is 38.4 Å². The normalized spacial score (nSPS) is 10.7. The van der Waals surface area contributed by atoms with Gasteiger partial charge in [0.15, 0.2) is 0 Å². The molecule has 2 rings (SSSR count). The molecule has 2 aromatic heterocycles. The van der Waals surface area contributed by atoms with E-state index in [9.17, 15) is 0 Å². The summed E-state index contributed by atoms with van der Waals surface area (Å²) >= 11 is 0. The number of nitrogens with zero attached hydrogens (tertiary/aromatic N) is 3. The molecule has 0 atom stereocenters. The molecule has 0 spiro atoms. The minimum atomic E-state index is 0.105. The highest BCUT2D eigenvalue weighted by Crippen LogP contribution is 2.17. The van der Waals surface area contributed by atoms with E-state index in [0.717, 1.165) is 29.9 Å². The molecule has 0 amide bonds. The molecular weight excluding hydrogens is 264 g/mol. The van der Waals surface area contributed by atoms with Gasteiger partial charge in [0.1, 0.15) is 12.1 Å². The molecule has 1 N–H and O–H groups in total. The lowest BCUT2D eigenvalue weighted by molar-refractivity contribution is 0.230. The molecule has 0 aliphatic heterocycles. The average Bonchev–Trinajstić information content (AvgIpc) is 2.47. The van der Waals surface area contributed by atoms with E-state index >= 15 is 0 Å². The molecule has 112 valence electrons. The van der Waals surface area contributed by atoms with E-state index in [1.54, 1.807) is 12.5 Å². The minimum Gasteiger partial charge on any atom is -0.475 e. The smallest absolute Gasteiger partial charge is 0.218 e. The third-order valence-electron chi connectivity index (χ3n) is 2.89. The Labute approximate surface area is 125 Å². The van der Waals surface area contributed by atoms with Gasteiger partial charge in [-0.25, -0.2) is 15.0 Å². The number of rotatable bonds is 7. The standard InChI is InChI=1S/C16H22N4O/c1-4-6-14-9-15(20-11-19-14)18-10-13-7-5-8-17-16(13)21-12(2)3/h5,7-9,11-12H,4,6,10H2,1-3H3,(H,18,19,20). The Balaban J connectivity index is 2.04. The van der Waals surface area contributed by atoms with Gasteiger partial charge in [-0.1, -0.05) is 19.4 Å². The second kappa shape index (κ2) is 7.57. The molecule has 0 saturated carbocycles. The van der Waals surface area contributed by atoms with E-state index in [2.05, 4.69) is 27.2 Å². The van der Waals surface area contributed by atoms with Crippen LogP contribution in [0.2, 0.25) is 0 Å². The van der Waals surface area contributed by atoms with Crippen molar-refractivity contribution in [2.24, 2.45) is 0 Å². The van der Waals surface area contributed by atoms with Gasteiger partial charge in [-0.3, -0.25) is 0 Å². The number of hydrogen-bond donors (Lipinski definition) is 1. The molecule has 0 aliphatic carbocycles. The van der Waals surface area contributed by atoms with E-state index in [1.807, 2.05) is 32.0 Å². The Morgan fingerprint density at radius 1 is 1.24 bits per heavy atom. The molecule has 0 saturated heterocycles. The van der Waals surface area contributed by atoms with Gasteiger partial charge in [0.05, 0.1) is 6.10 Å². The van der Waals surface area contributed by atoms with Crippen molar-refractivity contribution in [2.75, 3.05) is 5.32 Å². The zero-order chi connectivity index (χ0) is 15.1. The van der Waals surface area contributed by atoms with Crippen molar-refractivity contribution in [3.05, 3.63) is 42.0 Å². The van der Waals surface area contributed by atoms with Crippen LogP contribution in [0.15, 0.2) is 30.7 Å². The minimum absolute atomic E-state index is 0.105. The fourth-order valence-corrected chi connectivity index (χ4v) is 1.96. The SMILES string of the molecule is CCCc1cc(NCc2cccnc2OC(C)C)ncn1. The molecule has 2 aromatic rings. The van der Waals surface area contributed by atoms with Gasteiger partial charge in [0, 0.05) is 30.1 Å². The molecule has 21 heavy (non-hydrogen) atoms. The Bertz CT molecular complexity index is 572. The van der Waals surface area contributed by atoms with Gasteiger partial charge in [-0.15, -0.1) is 0 Å². The lowest BCUT2D eigenvalue weighted by atomic mass is 10.2. The molecule has 5 nitrogen and oxygen atoms in total. The number of aromatic nitrogens is 3. The van der Waals surface area contributed by atoms with Gasteiger partial charge in [0.25, 0.3) is 0 Å². The fraction of sp³-hybridized carbons (Fsp3) is 0.438. The highest BCUT2D eigenvalue weighted by Gasteiger charge is 2.07. The molecule has 0 fully saturated rings. The fourth-order valence-electron chi connectivity index (χ4n) is 1.96. The number of pyridine rings is 1. The summed E-state index contributed by atoms with van der Waals surface area (Å²) in [6.45, 7) is 6.75. The molecular formula is C16H22N4O. The van der Waals surface area contributed by atoms with Gasteiger partial charge in [-0.2, -0.15) is 0 Å². The van der Waals surface area contributed by atoms with Crippen LogP contribution in [0.3, 0.4) is 0 Å². The van der Waals surface area contributed by atoms with Crippen molar-refractivity contribution < 1.29 is 4.74 Å². The van der Waals surface area contributed by atoms with Crippen molar-refractivity contribution in [1.82, 2.24) is 15.0 Å². The van der Waals surface area contributed by atoms with Crippen LogP contribution in [0, 0.1) is 0 Å². The van der Waals surface area contributed by atoms with Crippen LogP contribution in [0.4, 0.5) is 5.82 Å². The second-order valence-electron chi connectivity index (χ2n) is 5.13. The molecule has 0 bridgehead atoms. The van der Waals surface area contributed by atoms with Crippen LogP contribution >= 0.6 is 0 Å². The maximum atomic E-state index is 5.71. The van der Waals surface area contributed by atoms with Gasteiger partial charge >= 0.3 is 0 Å². The summed E-state index contributed by atoms with van der Waals surface area (Å²) in [6, 6.07) is 5.90. The summed E-state index contributed by atoms with van der Waals surface area (Å²) in [6.07, 6.45) is 5.48. The average molecular weight is 286 g/mol. The van der Waals surface area contributed by atoms with Crippen LogP contribution in [-0.4, -0.2) is 21.1 Å². The quantitative estimate of drug-likeness (QED) is 0.846. The third kappa shape index (κ3) is 4.70. The number of nitrogens with one attached hydrogen (secondary N) is 1. The van der Waals surface area contributed by atoms with Crippen LogP contribution in [-0.2, 0) is 13.0 Å². The highest BCUT2D eigenvalue weighted by molar-refractivity contribution is 5.38. The van der Waals surface area contributed by atoms with E-state index in [-0.39, 0.29) is 6.10 Å². The Kier molecular flexibility index (Phi) is 5.49. The highest BCUT2D eigenvalue weighted by atomic mass is 16.5. The topological polar surface area (TPSA) is 59.9 Å². The van der Waals surface area contributed by atoms with Crippen molar-refractivity contribution in [2.45, 2.75) is 46.3 Å². The lowest BCUT2D eigenvalue weighted by Gasteiger charge is -2.13. The summed E-state index contributed by atoms with van der Waals surface area (Å²) in [5.74, 6) is 1.50. The summed E-state index contributed by atoms with van der Waals surface area (Å²) in [4.78, 5) is 12.8. The van der Waals surface area contributed by atoms with Gasteiger partial charge in [-0.05, 0) is 26.3 Å². The largest absolute Gasteiger partial charge is 0.475 e. The number of anilines is 1. The summed E-state index contributed by atoms with van der Waals surface area (Å²) in [5, 5.41) is 3.30. The molecule has 5 heteroatoms. The van der Waals surface area contributed by atoms with Crippen molar-refractivity contribution >= 4 is 5.82 Å². The van der Waals surface area contributed by atoms with Crippen molar-refractivity contribution in [3.8, 4) is 5.88 Å². The summed E-state index contributed by atoms with van der Waals surface area (Å²) in [5.41, 5.74) is 2.07. The second-order valence-corrected chi connectivity index (χ2v) is 5.13. The zero-order valence-corrected chi connectivity index (χ0v) is 12.8. The maximum absolute atomic E-state index is 5.71. The van der Waals surface area contributed by atoms with Crippen molar-refractivity contribution in [3.63, 3.8) is 0 Å². The first-order chi connectivity index (χ1) is 10.2. The number of hydrogen-bond acceptors (Lipinski definition) is 5.